The lowest BCUT2D eigenvalue weighted by molar-refractivity contribution is -0.0191. The number of thiazole rings is 1. The van der Waals surface area contributed by atoms with Crippen LogP contribution in [0.1, 0.15) is 6.92 Å². The molecule has 1 saturated heterocycles. The fraction of sp³-hybridized carbons (Fsp3) is 0.700. The molecule has 1 atom stereocenters. The van der Waals surface area contributed by atoms with Gasteiger partial charge in [-0.1, -0.05) is 6.92 Å². The van der Waals surface area contributed by atoms with Crippen molar-refractivity contribution in [3.05, 3.63) is 9.98 Å². The van der Waals surface area contributed by atoms with Gasteiger partial charge in [-0.15, -0.1) is 11.3 Å². The van der Waals surface area contributed by atoms with E-state index in [2.05, 4.69) is 38.1 Å². The Morgan fingerprint density at radius 2 is 2.62 bits per heavy atom. The first-order chi connectivity index (χ1) is 7.78. The van der Waals surface area contributed by atoms with E-state index in [0.717, 1.165) is 42.5 Å². The summed E-state index contributed by atoms with van der Waals surface area (Å²) in [5, 5.41) is 6.23. The van der Waals surface area contributed by atoms with Crippen molar-refractivity contribution >= 4 is 32.4 Å². The van der Waals surface area contributed by atoms with E-state index in [9.17, 15) is 0 Å². The number of ether oxygens (including phenoxy) is 1. The van der Waals surface area contributed by atoms with Crippen molar-refractivity contribution in [2.45, 2.75) is 13.0 Å². The first kappa shape index (κ1) is 12.3. The van der Waals surface area contributed by atoms with Crippen molar-refractivity contribution in [2.75, 3.05) is 38.1 Å². The molecule has 1 aliphatic heterocycles. The van der Waals surface area contributed by atoms with Gasteiger partial charge >= 0.3 is 0 Å². The second kappa shape index (κ2) is 5.95. The fourth-order valence-electron chi connectivity index (χ4n) is 1.73. The molecule has 1 aromatic rings. The molecule has 1 N–H and O–H groups in total. The highest BCUT2D eigenvalue weighted by molar-refractivity contribution is 9.10. The predicted octanol–water partition coefficient (Wildman–Crippen LogP) is 2.04. The molecular weight excluding hydrogens is 290 g/mol. The van der Waals surface area contributed by atoms with Crippen molar-refractivity contribution in [3.8, 4) is 0 Å². The molecular formula is C10H16BrN3OS. The lowest BCUT2D eigenvalue weighted by atomic mass is 10.2. The smallest absolute Gasteiger partial charge is 0.183 e. The summed E-state index contributed by atoms with van der Waals surface area (Å²) in [6, 6.07) is 0. The maximum atomic E-state index is 5.70. The molecule has 16 heavy (non-hydrogen) atoms. The molecule has 6 heteroatoms. The number of morpholine rings is 1. The minimum Gasteiger partial charge on any atom is -0.374 e. The van der Waals surface area contributed by atoms with Crippen LogP contribution in [0.4, 0.5) is 5.13 Å². The van der Waals surface area contributed by atoms with Gasteiger partial charge in [-0.25, -0.2) is 4.98 Å². The molecule has 0 bridgehead atoms. The van der Waals surface area contributed by atoms with Gasteiger partial charge in [0.1, 0.15) is 4.60 Å². The van der Waals surface area contributed by atoms with Crippen LogP contribution in [0.15, 0.2) is 9.98 Å². The SMILES string of the molecule is CCN1CCOC(CNc2nc(Br)cs2)C1. The van der Waals surface area contributed by atoms with Gasteiger partial charge in [0.25, 0.3) is 0 Å². The summed E-state index contributed by atoms with van der Waals surface area (Å²) in [6.45, 7) is 7.01. The van der Waals surface area contributed by atoms with Crippen LogP contribution in [-0.4, -0.2) is 48.8 Å². The minimum absolute atomic E-state index is 0.274. The highest BCUT2D eigenvalue weighted by Gasteiger charge is 2.19. The Kier molecular flexibility index (Phi) is 4.57. The van der Waals surface area contributed by atoms with Crippen LogP contribution in [0.25, 0.3) is 0 Å². The van der Waals surface area contributed by atoms with Crippen LogP contribution in [0.5, 0.6) is 0 Å². The van der Waals surface area contributed by atoms with E-state index < -0.39 is 0 Å². The predicted molar refractivity (Wildman–Crippen MR) is 70.2 cm³/mol. The van der Waals surface area contributed by atoms with Gasteiger partial charge in [-0.2, -0.15) is 0 Å². The summed E-state index contributed by atoms with van der Waals surface area (Å²) in [6.07, 6.45) is 0.274. The molecule has 0 radical (unpaired) electrons. The van der Waals surface area contributed by atoms with E-state index in [4.69, 9.17) is 4.74 Å². The molecule has 1 aromatic heterocycles. The molecule has 0 spiro atoms. The number of nitrogens with one attached hydrogen (secondary N) is 1. The third-order valence-corrected chi connectivity index (χ3v) is 4.14. The largest absolute Gasteiger partial charge is 0.374 e. The normalized spacial score (nSPS) is 22.2. The highest BCUT2D eigenvalue weighted by Crippen LogP contribution is 2.19. The van der Waals surface area contributed by atoms with Gasteiger partial charge in [-0.3, -0.25) is 4.90 Å². The molecule has 1 fully saturated rings. The number of hydrogen-bond acceptors (Lipinski definition) is 5. The average molecular weight is 306 g/mol. The van der Waals surface area contributed by atoms with Gasteiger partial charge in [-0.05, 0) is 22.5 Å². The van der Waals surface area contributed by atoms with Crippen molar-refractivity contribution in [1.82, 2.24) is 9.88 Å². The summed E-state index contributed by atoms with van der Waals surface area (Å²) < 4.78 is 6.59. The van der Waals surface area contributed by atoms with Crippen molar-refractivity contribution in [1.29, 1.82) is 0 Å². The lowest BCUT2D eigenvalue weighted by Crippen LogP contribution is -2.45. The van der Waals surface area contributed by atoms with Crippen LogP contribution >= 0.6 is 27.3 Å². The zero-order chi connectivity index (χ0) is 11.4. The molecule has 0 aromatic carbocycles. The van der Waals surface area contributed by atoms with Gasteiger partial charge < -0.3 is 10.1 Å². The molecule has 90 valence electrons. The summed E-state index contributed by atoms with van der Waals surface area (Å²) in [5.41, 5.74) is 0. The standard InChI is InChI=1S/C10H16BrN3OS/c1-2-14-3-4-15-8(6-14)5-12-10-13-9(11)7-16-10/h7-8H,2-6H2,1H3,(H,12,13). The molecule has 1 aliphatic rings. The van der Waals surface area contributed by atoms with Crippen LogP contribution < -0.4 is 5.32 Å². The molecule has 0 aliphatic carbocycles. The Morgan fingerprint density at radius 1 is 1.75 bits per heavy atom. The third-order valence-electron chi connectivity index (χ3n) is 2.63. The van der Waals surface area contributed by atoms with E-state index in [1.807, 2.05) is 5.38 Å². The maximum Gasteiger partial charge on any atom is 0.183 e. The topological polar surface area (TPSA) is 37.4 Å². The number of nitrogens with zero attached hydrogens (tertiary/aromatic N) is 2. The number of halogens is 1. The van der Waals surface area contributed by atoms with Crippen molar-refractivity contribution in [3.63, 3.8) is 0 Å². The van der Waals surface area contributed by atoms with Gasteiger partial charge in [0, 0.05) is 25.0 Å². The highest BCUT2D eigenvalue weighted by atomic mass is 79.9. The zero-order valence-corrected chi connectivity index (χ0v) is 11.7. The second-order valence-electron chi connectivity index (χ2n) is 3.74. The maximum absolute atomic E-state index is 5.70. The third kappa shape index (κ3) is 3.41. The van der Waals surface area contributed by atoms with Crippen LogP contribution in [-0.2, 0) is 4.74 Å². The Morgan fingerprint density at radius 3 is 3.31 bits per heavy atom. The summed E-state index contributed by atoms with van der Waals surface area (Å²) in [4.78, 5) is 6.70. The van der Waals surface area contributed by atoms with Crippen molar-refractivity contribution < 1.29 is 4.74 Å². The summed E-state index contributed by atoms with van der Waals surface area (Å²) >= 11 is 4.95. The van der Waals surface area contributed by atoms with E-state index in [-0.39, 0.29) is 6.10 Å². The zero-order valence-electron chi connectivity index (χ0n) is 9.28. The number of rotatable bonds is 4. The minimum atomic E-state index is 0.274. The Hall–Kier alpha value is -0.170. The first-order valence-electron chi connectivity index (χ1n) is 5.46. The molecule has 4 nitrogen and oxygen atoms in total. The Labute approximate surface area is 108 Å². The quantitative estimate of drug-likeness (QED) is 0.924. The molecule has 2 rings (SSSR count). The Bertz CT molecular complexity index is 334. The lowest BCUT2D eigenvalue weighted by Gasteiger charge is -2.32. The van der Waals surface area contributed by atoms with Crippen molar-refractivity contribution in [2.24, 2.45) is 0 Å². The first-order valence-corrected chi connectivity index (χ1v) is 7.14. The molecule has 0 saturated carbocycles. The van der Waals surface area contributed by atoms with Gasteiger partial charge in [0.15, 0.2) is 5.13 Å². The average Bonchev–Trinajstić information content (AvgIpc) is 2.73. The van der Waals surface area contributed by atoms with E-state index in [1.165, 1.54) is 0 Å². The van der Waals surface area contributed by atoms with E-state index in [1.54, 1.807) is 11.3 Å². The molecule has 2 heterocycles. The van der Waals surface area contributed by atoms with Crippen LogP contribution in [0.2, 0.25) is 0 Å². The molecule has 1 unspecified atom stereocenters. The fourth-order valence-corrected chi connectivity index (χ4v) is 2.88. The van der Waals surface area contributed by atoms with Crippen LogP contribution in [0, 0.1) is 0 Å². The number of aromatic nitrogens is 1. The van der Waals surface area contributed by atoms with E-state index in [0.29, 0.717) is 0 Å². The second-order valence-corrected chi connectivity index (χ2v) is 5.41. The van der Waals surface area contributed by atoms with E-state index >= 15 is 0 Å². The number of anilines is 1. The summed E-state index contributed by atoms with van der Waals surface area (Å²) in [7, 11) is 0. The summed E-state index contributed by atoms with van der Waals surface area (Å²) in [5.74, 6) is 0. The number of hydrogen-bond donors (Lipinski definition) is 1. The number of likely N-dealkylation sites (N-methyl/N-ethyl adjacent to an activating group) is 1. The Balaban J connectivity index is 1.77. The van der Waals surface area contributed by atoms with Gasteiger partial charge in [0.05, 0.1) is 12.7 Å². The van der Waals surface area contributed by atoms with Crippen LogP contribution in [0.3, 0.4) is 0 Å². The monoisotopic (exact) mass is 305 g/mol. The van der Waals surface area contributed by atoms with Gasteiger partial charge in [0.2, 0.25) is 0 Å². The molecule has 0 amide bonds.